The Morgan fingerprint density at radius 1 is 1.38 bits per heavy atom. The zero-order valence-corrected chi connectivity index (χ0v) is 9.52. The predicted octanol–water partition coefficient (Wildman–Crippen LogP) is 2.82. The van der Waals surface area contributed by atoms with E-state index in [-0.39, 0.29) is 17.4 Å². The van der Waals surface area contributed by atoms with Crippen molar-refractivity contribution in [1.82, 2.24) is 5.32 Å². The van der Waals surface area contributed by atoms with Gasteiger partial charge in [0.25, 0.3) is 0 Å². The van der Waals surface area contributed by atoms with Gasteiger partial charge in [-0.1, -0.05) is 13.0 Å². The van der Waals surface area contributed by atoms with Crippen molar-refractivity contribution in [2.24, 2.45) is 0 Å². The third-order valence-electron chi connectivity index (χ3n) is 3.26. The Labute approximate surface area is 94.9 Å². The minimum atomic E-state index is -0.414. The fourth-order valence-corrected chi connectivity index (χ4v) is 2.28. The Bertz CT molecular complexity index is 370. The predicted molar refractivity (Wildman–Crippen MR) is 60.5 cm³/mol. The normalized spacial score (nSPS) is 20.3. The van der Waals surface area contributed by atoms with E-state index in [2.05, 4.69) is 5.32 Å². The fraction of sp³-hybridized carbons (Fsp3) is 0.538. The van der Waals surface area contributed by atoms with Crippen LogP contribution in [0.5, 0.6) is 0 Å². The molecule has 0 amide bonds. The van der Waals surface area contributed by atoms with E-state index in [0.717, 1.165) is 19.4 Å². The number of nitrogens with one attached hydrogen (secondary N) is 1. The van der Waals surface area contributed by atoms with Crippen molar-refractivity contribution in [2.45, 2.75) is 38.6 Å². The van der Waals surface area contributed by atoms with E-state index in [0.29, 0.717) is 18.4 Å². The molecule has 1 aliphatic rings. The summed E-state index contributed by atoms with van der Waals surface area (Å²) in [6, 6.07) is 3.15. The van der Waals surface area contributed by atoms with Crippen LogP contribution in [-0.2, 0) is 12.8 Å². The second-order valence-electron chi connectivity index (χ2n) is 4.35. The Hall–Kier alpha value is -0.960. The zero-order chi connectivity index (χ0) is 11.5. The van der Waals surface area contributed by atoms with Crippen molar-refractivity contribution >= 4 is 0 Å². The summed E-state index contributed by atoms with van der Waals surface area (Å²) < 4.78 is 27.5. The van der Waals surface area contributed by atoms with Gasteiger partial charge in [-0.15, -0.1) is 0 Å². The maximum absolute atomic E-state index is 13.9. The highest BCUT2D eigenvalue weighted by Gasteiger charge is 2.20. The van der Waals surface area contributed by atoms with Gasteiger partial charge in [0.15, 0.2) is 0 Å². The lowest BCUT2D eigenvalue weighted by atomic mass is 10.00. The van der Waals surface area contributed by atoms with Gasteiger partial charge in [0.1, 0.15) is 11.6 Å². The molecule has 0 aromatic heterocycles. The fourth-order valence-electron chi connectivity index (χ4n) is 2.28. The molecule has 0 radical (unpaired) electrons. The minimum Gasteiger partial charge on any atom is -0.314 e. The summed E-state index contributed by atoms with van der Waals surface area (Å²) in [7, 11) is 0. The summed E-state index contributed by atoms with van der Waals surface area (Å²) in [6.45, 7) is 2.84. The molecule has 3 heteroatoms. The molecular weight excluding hydrogens is 208 g/mol. The molecule has 16 heavy (non-hydrogen) atoms. The summed E-state index contributed by atoms with van der Waals surface area (Å²) >= 11 is 0. The molecule has 1 N–H and O–H groups in total. The van der Waals surface area contributed by atoms with E-state index < -0.39 is 5.82 Å². The molecule has 1 atom stereocenters. The molecule has 0 bridgehead atoms. The Kier molecular flexibility index (Phi) is 3.54. The minimum absolute atomic E-state index is 0.233. The lowest BCUT2D eigenvalue weighted by Crippen LogP contribution is -2.24. The van der Waals surface area contributed by atoms with Gasteiger partial charge >= 0.3 is 0 Å². The van der Waals surface area contributed by atoms with Gasteiger partial charge in [-0.3, -0.25) is 0 Å². The third kappa shape index (κ3) is 2.24. The molecule has 1 nitrogen and oxygen atoms in total. The van der Waals surface area contributed by atoms with Crippen LogP contribution in [0.3, 0.4) is 0 Å². The Morgan fingerprint density at radius 3 is 2.81 bits per heavy atom. The first kappa shape index (κ1) is 11.5. The van der Waals surface area contributed by atoms with Crippen LogP contribution in [0.25, 0.3) is 0 Å². The standard InChI is InChI=1S/C13H17F2N/c1-2-9-5-6-12(14)11(13(9)15)8-10-4-3-7-16-10/h5-6,10,16H,2-4,7-8H2,1H3. The van der Waals surface area contributed by atoms with Crippen LogP contribution in [0.15, 0.2) is 12.1 Å². The number of hydrogen-bond acceptors (Lipinski definition) is 1. The average Bonchev–Trinajstić information content (AvgIpc) is 2.77. The van der Waals surface area contributed by atoms with E-state index >= 15 is 0 Å². The molecule has 1 fully saturated rings. The summed E-state index contributed by atoms with van der Waals surface area (Å²) in [4.78, 5) is 0. The molecule has 1 heterocycles. The van der Waals surface area contributed by atoms with Crippen LogP contribution in [0.2, 0.25) is 0 Å². The van der Waals surface area contributed by atoms with Gasteiger partial charge in [0.05, 0.1) is 0 Å². The van der Waals surface area contributed by atoms with E-state index in [1.807, 2.05) is 6.92 Å². The van der Waals surface area contributed by atoms with Gasteiger partial charge in [-0.05, 0) is 43.9 Å². The van der Waals surface area contributed by atoms with Crippen LogP contribution in [0.1, 0.15) is 30.9 Å². The van der Waals surface area contributed by atoms with E-state index in [9.17, 15) is 8.78 Å². The second kappa shape index (κ2) is 4.91. The third-order valence-corrected chi connectivity index (χ3v) is 3.26. The van der Waals surface area contributed by atoms with Gasteiger partial charge < -0.3 is 5.32 Å². The number of aryl methyl sites for hydroxylation is 1. The summed E-state index contributed by atoms with van der Waals surface area (Å²) in [5.41, 5.74) is 0.855. The number of hydrogen-bond donors (Lipinski definition) is 1. The summed E-state index contributed by atoms with van der Waals surface area (Å²) in [6.07, 6.45) is 3.18. The Balaban J connectivity index is 2.23. The smallest absolute Gasteiger partial charge is 0.132 e. The van der Waals surface area contributed by atoms with Crippen molar-refractivity contribution in [1.29, 1.82) is 0 Å². The topological polar surface area (TPSA) is 12.0 Å². The van der Waals surface area contributed by atoms with Crippen LogP contribution in [-0.4, -0.2) is 12.6 Å². The van der Waals surface area contributed by atoms with Crippen LogP contribution >= 0.6 is 0 Å². The highest BCUT2D eigenvalue weighted by Crippen LogP contribution is 2.21. The first-order valence-corrected chi connectivity index (χ1v) is 5.91. The molecule has 1 saturated heterocycles. The van der Waals surface area contributed by atoms with Gasteiger partial charge in [0.2, 0.25) is 0 Å². The monoisotopic (exact) mass is 225 g/mol. The molecule has 88 valence electrons. The quantitative estimate of drug-likeness (QED) is 0.834. The molecule has 0 spiro atoms. The first-order valence-electron chi connectivity index (χ1n) is 5.91. The van der Waals surface area contributed by atoms with Crippen LogP contribution in [0.4, 0.5) is 8.78 Å². The molecule has 1 aromatic rings. The molecule has 0 aliphatic carbocycles. The molecule has 1 aliphatic heterocycles. The number of halogens is 2. The molecule has 1 aromatic carbocycles. The summed E-state index contributed by atoms with van der Waals surface area (Å²) in [5.74, 6) is -0.764. The van der Waals surface area contributed by atoms with Crippen molar-refractivity contribution in [3.05, 3.63) is 34.9 Å². The number of rotatable bonds is 3. The molecule has 0 saturated carbocycles. The maximum Gasteiger partial charge on any atom is 0.132 e. The van der Waals surface area contributed by atoms with Crippen molar-refractivity contribution in [3.8, 4) is 0 Å². The highest BCUT2D eigenvalue weighted by atomic mass is 19.1. The highest BCUT2D eigenvalue weighted by molar-refractivity contribution is 5.28. The maximum atomic E-state index is 13.9. The van der Waals surface area contributed by atoms with E-state index in [1.54, 1.807) is 0 Å². The molecule has 1 unspecified atom stereocenters. The zero-order valence-electron chi connectivity index (χ0n) is 9.52. The SMILES string of the molecule is CCc1ccc(F)c(CC2CCCN2)c1F. The van der Waals surface area contributed by atoms with Crippen molar-refractivity contribution < 1.29 is 8.78 Å². The van der Waals surface area contributed by atoms with Gasteiger partial charge in [-0.2, -0.15) is 0 Å². The van der Waals surface area contributed by atoms with E-state index in [4.69, 9.17) is 0 Å². The summed E-state index contributed by atoms with van der Waals surface area (Å²) in [5, 5.41) is 3.26. The van der Waals surface area contributed by atoms with Crippen LogP contribution in [0, 0.1) is 11.6 Å². The average molecular weight is 225 g/mol. The van der Waals surface area contributed by atoms with Crippen molar-refractivity contribution in [2.75, 3.05) is 6.54 Å². The lowest BCUT2D eigenvalue weighted by molar-refractivity contribution is 0.513. The Morgan fingerprint density at radius 2 is 2.19 bits per heavy atom. The first-order chi connectivity index (χ1) is 7.72. The lowest BCUT2D eigenvalue weighted by Gasteiger charge is -2.13. The van der Waals surface area contributed by atoms with Crippen molar-refractivity contribution in [3.63, 3.8) is 0 Å². The molecule has 2 rings (SSSR count). The molecular formula is C13H17F2N. The van der Waals surface area contributed by atoms with Gasteiger partial charge in [-0.25, -0.2) is 8.78 Å². The van der Waals surface area contributed by atoms with E-state index in [1.165, 1.54) is 12.1 Å². The van der Waals surface area contributed by atoms with Crippen LogP contribution < -0.4 is 5.32 Å². The number of benzene rings is 1. The largest absolute Gasteiger partial charge is 0.314 e. The van der Waals surface area contributed by atoms with Gasteiger partial charge in [0, 0.05) is 11.6 Å². The second-order valence-corrected chi connectivity index (χ2v) is 4.35.